The van der Waals surface area contributed by atoms with Crippen molar-refractivity contribution >= 4 is 56.7 Å². The minimum Gasteiger partial charge on any atom is -0.401 e. The summed E-state index contributed by atoms with van der Waals surface area (Å²) in [7, 11) is 0. The van der Waals surface area contributed by atoms with Gasteiger partial charge >= 0.3 is 5.97 Å². The number of nitrogens with zero attached hydrogens (tertiary/aromatic N) is 2. The molecule has 0 amide bonds. The standard InChI is InChI=1S/C19H11ClN2O4S/c1-10-5-6-13-15(7-10)27-17(16(13)20)18-21-14(19(23)26-18)9-11-3-2-4-12(8-11)22(24)25/h2-9H,1H3/b14-9+. The van der Waals surface area contributed by atoms with Crippen molar-refractivity contribution in [1.29, 1.82) is 0 Å². The summed E-state index contributed by atoms with van der Waals surface area (Å²) in [6, 6.07) is 11.8. The predicted molar refractivity (Wildman–Crippen MR) is 105 cm³/mol. The maximum Gasteiger partial charge on any atom is 0.363 e. The summed E-state index contributed by atoms with van der Waals surface area (Å²) in [5, 5.41) is 12.2. The lowest BCUT2D eigenvalue weighted by molar-refractivity contribution is -0.384. The van der Waals surface area contributed by atoms with Gasteiger partial charge in [0.1, 0.15) is 4.88 Å². The van der Waals surface area contributed by atoms with Crippen molar-refractivity contribution in [2.75, 3.05) is 0 Å². The molecule has 0 fully saturated rings. The van der Waals surface area contributed by atoms with Crippen molar-refractivity contribution in [2.24, 2.45) is 4.99 Å². The number of carbonyl (C=O) groups is 1. The van der Waals surface area contributed by atoms with E-state index < -0.39 is 10.9 Å². The van der Waals surface area contributed by atoms with E-state index in [1.807, 2.05) is 25.1 Å². The molecule has 0 aliphatic carbocycles. The molecule has 1 aliphatic heterocycles. The fourth-order valence-electron chi connectivity index (χ4n) is 2.70. The number of aliphatic imine (C=N–C) groups is 1. The Kier molecular flexibility index (Phi) is 4.25. The maximum atomic E-state index is 12.2. The van der Waals surface area contributed by atoms with Gasteiger partial charge in [0.05, 0.1) is 9.95 Å². The summed E-state index contributed by atoms with van der Waals surface area (Å²) in [4.78, 5) is 27.4. The van der Waals surface area contributed by atoms with Gasteiger partial charge in [-0.05, 0) is 30.2 Å². The van der Waals surface area contributed by atoms with E-state index in [2.05, 4.69) is 4.99 Å². The molecule has 0 saturated carbocycles. The molecule has 0 spiro atoms. The Morgan fingerprint density at radius 2 is 2.07 bits per heavy atom. The van der Waals surface area contributed by atoms with Gasteiger partial charge in [-0.15, -0.1) is 11.3 Å². The molecule has 4 rings (SSSR count). The molecule has 0 radical (unpaired) electrons. The van der Waals surface area contributed by atoms with Crippen LogP contribution in [0.25, 0.3) is 16.2 Å². The molecular weight excluding hydrogens is 388 g/mol. The number of carbonyl (C=O) groups excluding carboxylic acids is 1. The Bertz CT molecular complexity index is 1180. The average molecular weight is 399 g/mol. The quantitative estimate of drug-likeness (QED) is 0.265. The Hall–Kier alpha value is -3.03. The summed E-state index contributed by atoms with van der Waals surface area (Å²) < 4.78 is 6.26. The van der Waals surface area contributed by atoms with E-state index in [0.29, 0.717) is 15.5 Å². The third-order valence-electron chi connectivity index (χ3n) is 3.98. The Labute approximate surface area is 162 Å². The van der Waals surface area contributed by atoms with Gasteiger partial charge in [0, 0.05) is 22.2 Å². The number of aryl methyl sites for hydroxylation is 1. The number of cyclic esters (lactones) is 1. The highest BCUT2D eigenvalue weighted by Gasteiger charge is 2.28. The molecule has 0 saturated heterocycles. The summed E-state index contributed by atoms with van der Waals surface area (Å²) in [5.74, 6) is -0.484. The smallest absolute Gasteiger partial charge is 0.363 e. The van der Waals surface area contributed by atoms with Crippen molar-refractivity contribution in [1.82, 2.24) is 0 Å². The molecule has 0 N–H and O–H groups in total. The molecule has 134 valence electrons. The van der Waals surface area contributed by atoms with Crippen molar-refractivity contribution in [2.45, 2.75) is 6.92 Å². The topological polar surface area (TPSA) is 81.8 Å². The highest BCUT2D eigenvalue weighted by Crippen LogP contribution is 2.38. The number of nitro groups is 1. The molecule has 1 aromatic heterocycles. The molecule has 2 heterocycles. The third-order valence-corrected chi connectivity index (χ3v) is 5.63. The lowest BCUT2D eigenvalue weighted by atomic mass is 10.2. The van der Waals surface area contributed by atoms with Gasteiger partial charge in [0.15, 0.2) is 5.70 Å². The molecule has 8 heteroatoms. The predicted octanol–water partition coefficient (Wildman–Crippen LogP) is 5.12. The first-order valence-electron chi connectivity index (χ1n) is 7.88. The number of nitro benzene ring substituents is 1. The Balaban J connectivity index is 1.74. The van der Waals surface area contributed by atoms with Crippen molar-refractivity contribution in [3.8, 4) is 0 Å². The lowest BCUT2D eigenvalue weighted by Crippen LogP contribution is -2.04. The van der Waals surface area contributed by atoms with Crippen LogP contribution in [0.1, 0.15) is 16.0 Å². The van der Waals surface area contributed by atoms with Gasteiger partial charge in [0.25, 0.3) is 5.69 Å². The molecule has 1 aliphatic rings. The van der Waals surface area contributed by atoms with Crippen LogP contribution in [0, 0.1) is 17.0 Å². The van der Waals surface area contributed by atoms with E-state index in [9.17, 15) is 14.9 Å². The zero-order chi connectivity index (χ0) is 19.1. The van der Waals surface area contributed by atoms with Crippen LogP contribution in [0.15, 0.2) is 53.2 Å². The molecule has 2 aromatic carbocycles. The first-order chi connectivity index (χ1) is 12.9. The highest BCUT2D eigenvalue weighted by molar-refractivity contribution is 7.21. The van der Waals surface area contributed by atoms with E-state index in [1.54, 1.807) is 12.1 Å². The van der Waals surface area contributed by atoms with Crippen molar-refractivity contribution < 1.29 is 14.5 Å². The Morgan fingerprint density at radius 1 is 1.26 bits per heavy atom. The van der Waals surface area contributed by atoms with Crippen LogP contribution >= 0.6 is 22.9 Å². The number of halogens is 1. The van der Waals surface area contributed by atoms with Crippen LogP contribution in [-0.2, 0) is 9.53 Å². The fourth-order valence-corrected chi connectivity index (χ4v) is 4.24. The van der Waals surface area contributed by atoms with Crippen LogP contribution in [0.2, 0.25) is 5.02 Å². The molecule has 27 heavy (non-hydrogen) atoms. The van der Waals surface area contributed by atoms with E-state index >= 15 is 0 Å². The zero-order valence-electron chi connectivity index (χ0n) is 13.9. The number of ether oxygens (including phenoxy) is 1. The normalized spacial score (nSPS) is 15.3. The van der Waals surface area contributed by atoms with Crippen molar-refractivity contribution in [3.05, 3.63) is 79.3 Å². The van der Waals surface area contributed by atoms with Gasteiger partial charge in [-0.25, -0.2) is 9.79 Å². The number of hydrogen-bond acceptors (Lipinski definition) is 6. The molecule has 0 bridgehead atoms. The van der Waals surface area contributed by atoms with E-state index in [4.69, 9.17) is 16.3 Å². The number of non-ortho nitro benzene ring substituents is 1. The summed E-state index contributed by atoms with van der Waals surface area (Å²) in [6.07, 6.45) is 1.45. The number of esters is 1. The van der Waals surface area contributed by atoms with Gasteiger partial charge in [0.2, 0.25) is 5.90 Å². The Morgan fingerprint density at radius 3 is 2.85 bits per heavy atom. The number of benzene rings is 2. The molecule has 0 unspecified atom stereocenters. The molecule has 3 aromatic rings. The van der Waals surface area contributed by atoms with Crippen LogP contribution in [-0.4, -0.2) is 16.8 Å². The van der Waals surface area contributed by atoms with E-state index in [1.165, 1.54) is 29.5 Å². The van der Waals surface area contributed by atoms with E-state index in [-0.39, 0.29) is 17.3 Å². The largest absolute Gasteiger partial charge is 0.401 e. The summed E-state index contributed by atoms with van der Waals surface area (Å²) >= 11 is 7.84. The molecule has 0 atom stereocenters. The summed E-state index contributed by atoms with van der Waals surface area (Å²) in [5.41, 5.74) is 1.58. The van der Waals surface area contributed by atoms with Gasteiger partial charge < -0.3 is 4.74 Å². The van der Waals surface area contributed by atoms with Gasteiger partial charge in [-0.1, -0.05) is 35.9 Å². The molecular formula is C19H11ClN2O4S. The first-order valence-corrected chi connectivity index (χ1v) is 9.08. The summed E-state index contributed by atoms with van der Waals surface area (Å²) in [6.45, 7) is 1.99. The van der Waals surface area contributed by atoms with Crippen LogP contribution in [0.3, 0.4) is 0 Å². The first kappa shape index (κ1) is 17.4. The van der Waals surface area contributed by atoms with Crippen LogP contribution < -0.4 is 0 Å². The second-order valence-corrected chi connectivity index (χ2v) is 7.36. The monoisotopic (exact) mass is 398 g/mol. The van der Waals surface area contributed by atoms with Crippen molar-refractivity contribution in [3.63, 3.8) is 0 Å². The fraction of sp³-hybridized carbons (Fsp3) is 0.0526. The minimum atomic E-state index is -0.624. The number of rotatable bonds is 3. The number of fused-ring (bicyclic) bond motifs is 1. The SMILES string of the molecule is Cc1ccc2c(Cl)c(C3=N/C(=C/c4cccc([N+](=O)[O-])c4)C(=O)O3)sc2c1. The second-order valence-electron chi connectivity index (χ2n) is 5.93. The third kappa shape index (κ3) is 3.22. The highest BCUT2D eigenvalue weighted by atomic mass is 35.5. The maximum absolute atomic E-state index is 12.2. The average Bonchev–Trinajstić information content (AvgIpc) is 3.15. The van der Waals surface area contributed by atoms with Crippen LogP contribution in [0.4, 0.5) is 5.69 Å². The lowest BCUT2D eigenvalue weighted by Gasteiger charge is -1.96. The van der Waals surface area contributed by atoms with Crippen LogP contribution in [0.5, 0.6) is 0 Å². The van der Waals surface area contributed by atoms with Gasteiger partial charge in [-0.2, -0.15) is 0 Å². The second kappa shape index (κ2) is 6.61. The van der Waals surface area contributed by atoms with E-state index in [0.717, 1.165) is 15.6 Å². The zero-order valence-corrected chi connectivity index (χ0v) is 15.5. The minimum absolute atomic E-state index is 0.0650. The van der Waals surface area contributed by atoms with Gasteiger partial charge in [-0.3, -0.25) is 10.1 Å². The number of thiophene rings is 1. The molecule has 6 nitrogen and oxygen atoms in total. The number of hydrogen-bond donors (Lipinski definition) is 0.